The molecule has 0 aliphatic heterocycles. The van der Waals surface area contributed by atoms with Crippen LogP contribution in [-0.2, 0) is 0 Å². The summed E-state index contributed by atoms with van der Waals surface area (Å²) in [4.78, 5) is 10.5. The molecule has 17 heavy (non-hydrogen) atoms. The molecule has 0 radical (unpaired) electrons. The first-order valence-corrected chi connectivity index (χ1v) is 5.97. The molecule has 0 aliphatic rings. The molecular formula is C13H20N2O2. The number of nitro groups is 1. The molecule has 0 bridgehead atoms. The van der Waals surface area contributed by atoms with Crippen molar-refractivity contribution in [3.63, 3.8) is 0 Å². The minimum absolute atomic E-state index is 0.175. The molecule has 4 heteroatoms. The Labute approximate surface area is 102 Å². The van der Waals surface area contributed by atoms with Gasteiger partial charge in [0.05, 0.1) is 4.92 Å². The lowest BCUT2D eigenvalue weighted by atomic mass is 10.0. The fraction of sp³-hybridized carbons (Fsp3) is 0.538. The monoisotopic (exact) mass is 236 g/mol. The number of rotatable bonds is 5. The fourth-order valence-corrected chi connectivity index (χ4v) is 1.85. The Morgan fingerprint density at radius 3 is 2.53 bits per heavy atom. The normalized spacial score (nSPS) is 12.5. The SMILES string of the molecule is CCC(Nc1ccc(C)c([N+](=O)[O-])c1)C(C)C. The van der Waals surface area contributed by atoms with Gasteiger partial charge in [0.2, 0.25) is 0 Å². The summed E-state index contributed by atoms with van der Waals surface area (Å²) in [6.45, 7) is 8.15. The van der Waals surface area contributed by atoms with Gasteiger partial charge in [0, 0.05) is 23.4 Å². The maximum atomic E-state index is 10.8. The molecule has 4 nitrogen and oxygen atoms in total. The number of nitro benzene ring substituents is 1. The molecule has 1 atom stereocenters. The summed E-state index contributed by atoms with van der Waals surface area (Å²) in [6, 6.07) is 5.64. The lowest BCUT2D eigenvalue weighted by Gasteiger charge is -2.22. The molecule has 0 saturated heterocycles. The molecule has 1 rings (SSSR count). The molecule has 1 aromatic rings. The molecule has 1 unspecified atom stereocenters. The number of benzene rings is 1. The highest BCUT2D eigenvalue weighted by Crippen LogP contribution is 2.24. The van der Waals surface area contributed by atoms with Crippen molar-refractivity contribution in [1.29, 1.82) is 0 Å². The molecule has 0 spiro atoms. The van der Waals surface area contributed by atoms with Gasteiger partial charge < -0.3 is 5.32 Å². The summed E-state index contributed by atoms with van der Waals surface area (Å²) in [5, 5.41) is 14.2. The largest absolute Gasteiger partial charge is 0.382 e. The van der Waals surface area contributed by atoms with E-state index in [9.17, 15) is 10.1 Å². The number of nitrogens with zero attached hydrogens (tertiary/aromatic N) is 1. The van der Waals surface area contributed by atoms with Crippen LogP contribution in [0.5, 0.6) is 0 Å². The number of hydrogen-bond donors (Lipinski definition) is 1. The van der Waals surface area contributed by atoms with Gasteiger partial charge in [0.25, 0.3) is 5.69 Å². The Bertz CT molecular complexity index is 402. The van der Waals surface area contributed by atoms with Crippen LogP contribution in [0.25, 0.3) is 0 Å². The van der Waals surface area contributed by atoms with Crippen LogP contribution in [0.15, 0.2) is 18.2 Å². The first-order valence-electron chi connectivity index (χ1n) is 5.97. The average molecular weight is 236 g/mol. The summed E-state index contributed by atoms with van der Waals surface area (Å²) in [5.41, 5.74) is 1.69. The van der Waals surface area contributed by atoms with Crippen LogP contribution >= 0.6 is 0 Å². The summed E-state index contributed by atoms with van der Waals surface area (Å²) in [7, 11) is 0. The summed E-state index contributed by atoms with van der Waals surface area (Å²) < 4.78 is 0. The number of aryl methyl sites for hydroxylation is 1. The highest BCUT2D eigenvalue weighted by atomic mass is 16.6. The molecule has 0 amide bonds. The van der Waals surface area contributed by atoms with E-state index in [1.54, 1.807) is 19.1 Å². The second-order valence-electron chi connectivity index (χ2n) is 4.66. The Morgan fingerprint density at radius 1 is 1.41 bits per heavy atom. The molecule has 1 aromatic carbocycles. The van der Waals surface area contributed by atoms with Crippen LogP contribution in [0.2, 0.25) is 0 Å². The molecule has 94 valence electrons. The first kappa shape index (κ1) is 13.5. The third-order valence-electron chi connectivity index (χ3n) is 3.00. The number of nitrogens with one attached hydrogen (secondary N) is 1. The van der Waals surface area contributed by atoms with E-state index < -0.39 is 0 Å². The zero-order valence-electron chi connectivity index (χ0n) is 10.9. The van der Waals surface area contributed by atoms with Gasteiger partial charge in [-0.15, -0.1) is 0 Å². The van der Waals surface area contributed by atoms with Crippen molar-refractivity contribution in [2.24, 2.45) is 5.92 Å². The summed E-state index contributed by atoms with van der Waals surface area (Å²) in [6.07, 6.45) is 0.999. The highest BCUT2D eigenvalue weighted by Gasteiger charge is 2.14. The lowest BCUT2D eigenvalue weighted by Crippen LogP contribution is -2.24. The van der Waals surface area contributed by atoms with Crippen molar-refractivity contribution in [3.05, 3.63) is 33.9 Å². The molecule has 0 saturated carbocycles. The highest BCUT2D eigenvalue weighted by molar-refractivity contribution is 5.55. The van der Waals surface area contributed by atoms with Gasteiger partial charge in [-0.25, -0.2) is 0 Å². The molecule has 0 aliphatic carbocycles. The first-order chi connectivity index (χ1) is 7.95. The maximum Gasteiger partial charge on any atom is 0.274 e. The summed E-state index contributed by atoms with van der Waals surface area (Å²) in [5.74, 6) is 0.500. The van der Waals surface area contributed by atoms with E-state index in [2.05, 4.69) is 26.1 Å². The molecule has 0 fully saturated rings. The standard InChI is InChI=1S/C13H20N2O2/c1-5-12(9(2)3)14-11-7-6-10(4)13(8-11)15(16)17/h6-9,12,14H,5H2,1-4H3. The van der Waals surface area contributed by atoms with Gasteiger partial charge in [0.1, 0.15) is 0 Å². The van der Waals surface area contributed by atoms with E-state index >= 15 is 0 Å². The Morgan fingerprint density at radius 2 is 2.06 bits per heavy atom. The van der Waals surface area contributed by atoms with Gasteiger partial charge in [-0.1, -0.05) is 26.8 Å². The minimum atomic E-state index is -0.336. The van der Waals surface area contributed by atoms with Crippen LogP contribution in [0, 0.1) is 23.0 Å². The van der Waals surface area contributed by atoms with Crippen LogP contribution in [0.3, 0.4) is 0 Å². The molecule has 0 aromatic heterocycles. The van der Waals surface area contributed by atoms with Gasteiger partial charge in [0.15, 0.2) is 0 Å². The van der Waals surface area contributed by atoms with Crippen LogP contribution in [0.4, 0.5) is 11.4 Å². The van der Waals surface area contributed by atoms with E-state index in [0.717, 1.165) is 12.1 Å². The van der Waals surface area contributed by atoms with Crippen molar-refractivity contribution in [1.82, 2.24) is 0 Å². The van der Waals surface area contributed by atoms with Crippen LogP contribution < -0.4 is 5.32 Å². The van der Waals surface area contributed by atoms with Crippen molar-refractivity contribution in [3.8, 4) is 0 Å². The minimum Gasteiger partial charge on any atom is -0.382 e. The quantitative estimate of drug-likeness (QED) is 0.625. The van der Waals surface area contributed by atoms with E-state index in [0.29, 0.717) is 17.5 Å². The van der Waals surface area contributed by atoms with Crippen molar-refractivity contribution in [2.75, 3.05) is 5.32 Å². The third-order valence-corrected chi connectivity index (χ3v) is 3.00. The van der Waals surface area contributed by atoms with E-state index in [1.807, 2.05) is 6.07 Å². The van der Waals surface area contributed by atoms with E-state index in [-0.39, 0.29) is 10.6 Å². The Kier molecular flexibility index (Phi) is 4.49. The molecule has 0 heterocycles. The lowest BCUT2D eigenvalue weighted by molar-refractivity contribution is -0.385. The Hall–Kier alpha value is -1.58. The van der Waals surface area contributed by atoms with Crippen molar-refractivity contribution in [2.45, 2.75) is 40.2 Å². The smallest absolute Gasteiger partial charge is 0.274 e. The molecular weight excluding hydrogens is 216 g/mol. The van der Waals surface area contributed by atoms with Crippen molar-refractivity contribution < 1.29 is 4.92 Å². The number of anilines is 1. The Balaban J connectivity index is 2.92. The number of hydrogen-bond acceptors (Lipinski definition) is 3. The molecule has 1 N–H and O–H groups in total. The van der Waals surface area contributed by atoms with E-state index in [1.165, 1.54) is 0 Å². The fourth-order valence-electron chi connectivity index (χ4n) is 1.85. The van der Waals surface area contributed by atoms with Crippen LogP contribution in [-0.4, -0.2) is 11.0 Å². The van der Waals surface area contributed by atoms with Crippen LogP contribution in [0.1, 0.15) is 32.8 Å². The van der Waals surface area contributed by atoms with Gasteiger partial charge in [-0.3, -0.25) is 10.1 Å². The topological polar surface area (TPSA) is 55.2 Å². The van der Waals surface area contributed by atoms with E-state index in [4.69, 9.17) is 0 Å². The predicted molar refractivity (Wildman–Crippen MR) is 70.4 cm³/mol. The second kappa shape index (κ2) is 5.66. The summed E-state index contributed by atoms with van der Waals surface area (Å²) >= 11 is 0. The van der Waals surface area contributed by atoms with Gasteiger partial charge >= 0.3 is 0 Å². The van der Waals surface area contributed by atoms with Gasteiger partial charge in [-0.05, 0) is 25.3 Å². The third kappa shape index (κ3) is 3.44. The van der Waals surface area contributed by atoms with Gasteiger partial charge in [-0.2, -0.15) is 0 Å². The maximum absolute atomic E-state index is 10.8. The average Bonchev–Trinajstić information content (AvgIpc) is 2.27. The van der Waals surface area contributed by atoms with Crippen molar-refractivity contribution >= 4 is 11.4 Å². The second-order valence-corrected chi connectivity index (χ2v) is 4.66. The predicted octanol–water partition coefficient (Wildman–Crippen LogP) is 3.75. The zero-order chi connectivity index (χ0) is 13.0. The zero-order valence-corrected chi connectivity index (χ0v) is 10.9.